The Kier molecular flexibility index (Phi) is 6.33. The van der Waals surface area contributed by atoms with E-state index < -0.39 is 0 Å². The van der Waals surface area contributed by atoms with Crippen LogP contribution in [0.15, 0.2) is 48.7 Å². The van der Waals surface area contributed by atoms with Crippen molar-refractivity contribution >= 4 is 23.0 Å². The van der Waals surface area contributed by atoms with Gasteiger partial charge >= 0.3 is 0 Å². The van der Waals surface area contributed by atoms with Crippen molar-refractivity contribution < 1.29 is 0 Å². The predicted octanol–water partition coefficient (Wildman–Crippen LogP) is 3.75. The number of nitrogens with zero attached hydrogens (tertiary/aromatic N) is 3. The van der Waals surface area contributed by atoms with Gasteiger partial charge in [-0.15, -0.1) is 0 Å². The number of benzene rings is 1. The molecule has 4 nitrogen and oxygen atoms in total. The second-order valence-corrected chi connectivity index (χ2v) is 6.55. The second-order valence-electron chi connectivity index (χ2n) is 6.17. The molecule has 0 amide bonds. The van der Waals surface area contributed by atoms with Gasteiger partial charge in [-0.25, -0.2) is 4.98 Å². The Morgan fingerprint density at radius 3 is 2.54 bits per heavy atom. The lowest BCUT2D eigenvalue weighted by atomic mass is 10.2. The van der Waals surface area contributed by atoms with Crippen molar-refractivity contribution in [1.82, 2.24) is 9.88 Å². The number of hydrogen-bond donors (Lipinski definition) is 1. The minimum Gasteiger partial charge on any atom is -0.385 e. The van der Waals surface area contributed by atoms with E-state index in [1.54, 1.807) is 6.20 Å². The zero-order valence-electron chi connectivity index (χ0n) is 14.0. The number of piperazine rings is 1. The quantitative estimate of drug-likeness (QED) is 0.612. The Balaban J connectivity index is 1.30. The van der Waals surface area contributed by atoms with Crippen LogP contribution in [0.4, 0.5) is 11.4 Å². The van der Waals surface area contributed by atoms with Gasteiger partial charge in [-0.2, -0.15) is 0 Å². The minimum atomic E-state index is 0.538. The Hall–Kier alpha value is -1.78. The number of halogens is 1. The van der Waals surface area contributed by atoms with Crippen molar-refractivity contribution in [3.05, 3.63) is 53.8 Å². The number of unbranched alkanes of at least 4 members (excludes halogenated alkanes) is 1. The maximum absolute atomic E-state index is 5.88. The van der Waals surface area contributed by atoms with Crippen molar-refractivity contribution in [2.45, 2.75) is 12.8 Å². The summed E-state index contributed by atoms with van der Waals surface area (Å²) in [6, 6.07) is 14.5. The van der Waals surface area contributed by atoms with E-state index in [1.807, 2.05) is 12.1 Å². The number of anilines is 2. The molecule has 1 aromatic heterocycles. The van der Waals surface area contributed by atoms with E-state index >= 15 is 0 Å². The van der Waals surface area contributed by atoms with Crippen molar-refractivity contribution in [1.29, 1.82) is 0 Å². The molecular formula is C19H25ClN4. The average molecular weight is 345 g/mol. The highest BCUT2D eigenvalue weighted by Crippen LogP contribution is 2.16. The Morgan fingerprint density at radius 2 is 1.79 bits per heavy atom. The van der Waals surface area contributed by atoms with E-state index in [-0.39, 0.29) is 0 Å². The third-order valence-electron chi connectivity index (χ3n) is 4.45. The fourth-order valence-electron chi connectivity index (χ4n) is 3.07. The van der Waals surface area contributed by atoms with Gasteiger partial charge < -0.3 is 10.2 Å². The molecule has 1 aliphatic rings. The third-order valence-corrected chi connectivity index (χ3v) is 4.66. The molecule has 24 heavy (non-hydrogen) atoms. The predicted molar refractivity (Wildman–Crippen MR) is 102 cm³/mol. The molecule has 0 atom stereocenters. The lowest BCUT2D eigenvalue weighted by Crippen LogP contribution is -2.46. The lowest BCUT2D eigenvalue weighted by Gasteiger charge is -2.36. The summed E-state index contributed by atoms with van der Waals surface area (Å²) < 4.78 is 0. The van der Waals surface area contributed by atoms with Crippen LogP contribution in [0.5, 0.6) is 0 Å². The average Bonchev–Trinajstić information content (AvgIpc) is 2.63. The van der Waals surface area contributed by atoms with Crippen LogP contribution in [0.1, 0.15) is 12.8 Å². The zero-order chi connectivity index (χ0) is 16.6. The van der Waals surface area contributed by atoms with Crippen LogP contribution in [-0.4, -0.2) is 49.2 Å². The molecule has 1 saturated heterocycles. The molecule has 0 radical (unpaired) electrons. The summed E-state index contributed by atoms with van der Waals surface area (Å²) in [6.07, 6.45) is 4.12. The van der Waals surface area contributed by atoms with E-state index in [2.05, 4.69) is 50.4 Å². The number of pyridine rings is 1. The number of aromatic nitrogens is 1. The van der Waals surface area contributed by atoms with E-state index in [4.69, 9.17) is 11.6 Å². The van der Waals surface area contributed by atoms with Gasteiger partial charge in [0.2, 0.25) is 0 Å². The molecule has 0 aliphatic carbocycles. The van der Waals surface area contributed by atoms with Crippen LogP contribution >= 0.6 is 11.6 Å². The van der Waals surface area contributed by atoms with Gasteiger partial charge in [0.25, 0.3) is 0 Å². The summed E-state index contributed by atoms with van der Waals surface area (Å²) in [5.41, 5.74) is 2.39. The van der Waals surface area contributed by atoms with Crippen molar-refractivity contribution in [3.8, 4) is 0 Å². The number of hydrogen-bond acceptors (Lipinski definition) is 4. The van der Waals surface area contributed by atoms with Crippen LogP contribution in [-0.2, 0) is 0 Å². The summed E-state index contributed by atoms with van der Waals surface area (Å²) in [5.74, 6) is 0. The summed E-state index contributed by atoms with van der Waals surface area (Å²) in [4.78, 5) is 9.04. The molecule has 0 unspecified atom stereocenters. The normalized spacial score (nSPS) is 15.5. The number of para-hydroxylation sites is 1. The fraction of sp³-hybridized carbons (Fsp3) is 0.421. The topological polar surface area (TPSA) is 31.4 Å². The minimum absolute atomic E-state index is 0.538. The molecule has 3 rings (SSSR count). The molecule has 0 saturated carbocycles. The molecular weight excluding hydrogens is 320 g/mol. The molecule has 1 N–H and O–H groups in total. The number of rotatable bonds is 7. The summed E-state index contributed by atoms with van der Waals surface area (Å²) in [5, 5.41) is 3.94. The van der Waals surface area contributed by atoms with Gasteiger partial charge in [-0.05, 0) is 43.7 Å². The number of nitrogens with one attached hydrogen (secondary N) is 1. The Bertz CT molecular complexity index is 612. The highest BCUT2D eigenvalue weighted by Gasteiger charge is 2.16. The molecule has 2 heterocycles. The van der Waals surface area contributed by atoms with E-state index in [0.717, 1.165) is 38.4 Å². The van der Waals surface area contributed by atoms with E-state index in [1.165, 1.54) is 25.1 Å². The maximum atomic E-state index is 5.88. The van der Waals surface area contributed by atoms with Crippen molar-refractivity contribution in [2.24, 2.45) is 0 Å². The smallest absolute Gasteiger partial charge is 0.131 e. The summed E-state index contributed by atoms with van der Waals surface area (Å²) in [7, 11) is 0. The summed E-state index contributed by atoms with van der Waals surface area (Å²) >= 11 is 5.88. The third kappa shape index (κ3) is 5.11. The molecule has 1 fully saturated rings. The van der Waals surface area contributed by atoms with Crippen LogP contribution in [0, 0.1) is 0 Å². The Labute approximate surface area is 149 Å². The monoisotopic (exact) mass is 344 g/mol. The van der Waals surface area contributed by atoms with Crippen LogP contribution in [0.3, 0.4) is 0 Å². The highest BCUT2D eigenvalue weighted by atomic mass is 35.5. The van der Waals surface area contributed by atoms with Gasteiger partial charge in [0.15, 0.2) is 0 Å². The first-order chi connectivity index (χ1) is 11.8. The van der Waals surface area contributed by atoms with Gasteiger partial charge in [-0.3, -0.25) is 4.90 Å². The second kappa shape index (κ2) is 8.90. The van der Waals surface area contributed by atoms with Gasteiger partial charge in [0.05, 0.1) is 0 Å². The molecule has 1 aliphatic heterocycles. The zero-order valence-corrected chi connectivity index (χ0v) is 14.8. The van der Waals surface area contributed by atoms with Crippen molar-refractivity contribution in [2.75, 3.05) is 49.5 Å². The molecule has 1 aromatic carbocycles. The molecule has 0 spiro atoms. The highest BCUT2D eigenvalue weighted by molar-refractivity contribution is 6.29. The van der Waals surface area contributed by atoms with E-state index in [9.17, 15) is 0 Å². The first-order valence-corrected chi connectivity index (χ1v) is 9.07. The standard InChI is InChI=1S/C19H25ClN4/c20-19-16-17(8-10-22-19)21-9-4-5-11-23-12-14-24(15-13-23)18-6-2-1-3-7-18/h1-3,6-8,10,16H,4-5,9,11-15H2,(H,21,22). The van der Waals surface area contributed by atoms with Gasteiger partial charge in [-0.1, -0.05) is 29.8 Å². The first-order valence-electron chi connectivity index (χ1n) is 8.69. The Morgan fingerprint density at radius 1 is 1.00 bits per heavy atom. The van der Waals surface area contributed by atoms with Crippen molar-refractivity contribution in [3.63, 3.8) is 0 Å². The van der Waals surface area contributed by atoms with Crippen LogP contribution in [0.2, 0.25) is 5.15 Å². The van der Waals surface area contributed by atoms with Crippen LogP contribution < -0.4 is 10.2 Å². The largest absolute Gasteiger partial charge is 0.385 e. The molecule has 2 aromatic rings. The van der Waals surface area contributed by atoms with Crippen LogP contribution in [0.25, 0.3) is 0 Å². The maximum Gasteiger partial charge on any atom is 0.131 e. The first kappa shape index (κ1) is 17.1. The molecule has 0 bridgehead atoms. The van der Waals surface area contributed by atoms with Gasteiger partial charge in [0, 0.05) is 50.3 Å². The summed E-state index contributed by atoms with van der Waals surface area (Å²) in [6.45, 7) is 6.71. The van der Waals surface area contributed by atoms with E-state index in [0.29, 0.717) is 5.15 Å². The fourth-order valence-corrected chi connectivity index (χ4v) is 3.25. The van der Waals surface area contributed by atoms with Gasteiger partial charge in [0.1, 0.15) is 5.15 Å². The molecule has 5 heteroatoms. The molecule has 128 valence electrons. The lowest BCUT2D eigenvalue weighted by molar-refractivity contribution is 0.254. The SMILES string of the molecule is Clc1cc(NCCCCN2CCN(c3ccccc3)CC2)ccn1.